The maximum atomic E-state index is 12.4. The van der Waals surface area contributed by atoms with Crippen molar-refractivity contribution in [3.05, 3.63) is 78.4 Å². The number of amides is 1. The summed E-state index contributed by atoms with van der Waals surface area (Å²) in [6.07, 6.45) is 0. The number of aryl methyl sites for hydroxylation is 1. The number of hydrogen-bond acceptors (Lipinski definition) is 4. The van der Waals surface area contributed by atoms with Gasteiger partial charge in [0.15, 0.2) is 0 Å². The van der Waals surface area contributed by atoms with Gasteiger partial charge in [0.25, 0.3) is 0 Å². The van der Waals surface area contributed by atoms with E-state index in [1.54, 1.807) is 14.0 Å². The van der Waals surface area contributed by atoms with Crippen molar-refractivity contribution < 1.29 is 9.53 Å². The lowest BCUT2D eigenvalue weighted by atomic mass is 9.91. The maximum Gasteiger partial charge on any atom is 0.221 e. The summed E-state index contributed by atoms with van der Waals surface area (Å²) in [5, 5.41) is 5.30. The van der Waals surface area contributed by atoms with Crippen LogP contribution in [0.1, 0.15) is 12.5 Å². The van der Waals surface area contributed by atoms with Crippen LogP contribution in [0.3, 0.4) is 0 Å². The van der Waals surface area contributed by atoms with Crippen molar-refractivity contribution in [3.8, 4) is 28.0 Å². The van der Waals surface area contributed by atoms with Crippen LogP contribution in [-0.2, 0) is 4.79 Å². The molecule has 0 spiro atoms. The zero-order chi connectivity index (χ0) is 25.2. The van der Waals surface area contributed by atoms with Crippen LogP contribution in [0, 0.1) is 6.92 Å². The van der Waals surface area contributed by atoms with Crippen LogP contribution < -0.4 is 15.0 Å². The van der Waals surface area contributed by atoms with Crippen molar-refractivity contribution in [2.24, 2.45) is 0 Å². The Balaban J connectivity index is 1.68. The highest BCUT2D eigenvalue weighted by Crippen LogP contribution is 2.42. The quantitative estimate of drug-likeness (QED) is 0.370. The molecular weight excluding hydrogens is 446 g/mol. The van der Waals surface area contributed by atoms with Gasteiger partial charge in [0.2, 0.25) is 5.91 Å². The number of piperazine rings is 1. The lowest BCUT2D eigenvalue weighted by Gasteiger charge is -2.35. The molecule has 1 saturated heterocycles. The summed E-state index contributed by atoms with van der Waals surface area (Å²) in [6.45, 7) is 7.63. The maximum absolute atomic E-state index is 12.4. The highest BCUT2D eigenvalue weighted by Gasteiger charge is 2.20. The van der Waals surface area contributed by atoms with Crippen LogP contribution in [-0.4, -0.2) is 51.1 Å². The normalized spacial score (nSPS) is 14.2. The molecule has 1 fully saturated rings. The first-order valence-corrected chi connectivity index (χ1v) is 12.5. The van der Waals surface area contributed by atoms with E-state index in [-0.39, 0.29) is 5.91 Å². The standard InChI is InChI=1S/C31H33N3O2/c1-21-8-5-6-9-24(21)26-10-7-11-28-27(26)14-13-25(31(28)32-22(2)35)23-12-15-30(36-4)29(20-23)34-18-16-33(3)17-19-34/h5-15,20H,16-19H2,1-4H3,(H,32,35). The highest BCUT2D eigenvalue weighted by molar-refractivity contribution is 6.11. The van der Waals surface area contributed by atoms with E-state index in [1.807, 2.05) is 6.07 Å². The van der Waals surface area contributed by atoms with Crippen molar-refractivity contribution >= 4 is 28.1 Å². The predicted molar refractivity (Wildman–Crippen MR) is 150 cm³/mol. The van der Waals surface area contributed by atoms with E-state index in [1.165, 1.54) is 11.1 Å². The molecule has 0 radical (unpaired) electrons. The van der Waals surface area contributed by atoms with Gasteiger partial charge in [-0.25, -0.2) is 0 Å². The Morgan fingerprint density at radius 3 is 2.31 bits per heavy atom. The molecule has 0 saturated carbocycles. The first-order valence-electron chi connectivity index (χ1n) is 12.5. The molecule has 1 aliphatic rings. The first kappa shape index (κ1) is 23.9. The molecule has 4 aromatic carbocycles. The van der Waals surface area contributed by atoms with Crippen molar-refractivity contribution in [1.82, 2.24) is 4.90 Å². The Kier molecular flexibility index (Phi) is 6.66. The van der Waals surface area contributed by atoms with Gasteiger partial charge in [-0.15, -0.1) is 0 Å². The molecule has 5 rings (SSSR count). The van der Waals surface area contributed by atoms with Gasteiger partial charge in [-0.2, -0.15) is 0 Å². The molecule has 0 aliphatic carbocycles. The van der Waals surface area contributed by atoms with Crippen LogP contribution in [0.4, 0.5) is 11.4 Å². The Morgan fingerprint density at radius 2 is 1.58 bits per heavy atom. The Bertz CT molecular complexity index is 1420. The summed E-state index contributed by atoms with van der Waals surface area (Å²) in [7, 11) is 3.88. The van der Waals surface area contributed by atoms with Crippen molar-refractivity contribution in [1.29, 1.82) is 0 Å². The Hall–Kier alpha value is -3.83. The fraction of sp³-hybridized carbons (Fsp3) is 0.258. The van der Waals surface area contributed by atoms with Gasteiger partial charge in [0.1, 0.15) is 5.75 Å². The lowest BCUT2D eigenvalue weighted by molar-refractivity contribution is -0.114. The molecule has 184 valence electrons. The molecule has 0 bridgehead atoms. The minimum Gasteiger partial charge on any atom is -0.495 e. The van der Waals surface area contributed by atoms with Gasteiger partial charge >= 0.3 is 0 Å². The second-order valence-electron chi connectivity index (χ2n) is 9.56. The van der Waals surface area contributed by atoms with E-state index in [0.29, 0.717) is 0 Å². The van der Waals surface area contributed by atoms with Gasteiger partial charge < -0.3 is 19.9 Å². The van der Waals surface area contributed by atoms with Crippen LogP contribution in [0.2, 0.25) is 0 Å². The third kappa shape index (κ3) is 4.54. The highest BCUT2D eigenvalue weighted by atomic mass is 16.5. The molecule has 36 heavy (non-hydrogen) atoms. The number of benzene rings is 4. The molecule has 1 N–H and O–H groups in total. The number of anilines is 2. The van der Waals surface area contributed by atoms with Crippen molar-refractivity contribution in [2.75, 3.05) is 50.6 Å². The van der Waals surface area contributed by atoms with E-state index < -0.39 is 0 Å². The number of carbonyl (C=O) groups excluding carboxylic acids is 1. The van der Waals surface area contributed by atoms with E-state index in [2.05, 4.69) is 95.8 Å². The zero-order valence-electron chi connectivity index (χ0n) is 21.5. The number of nitrogens with one attached hydrogen (secondary N) is 1. The number of nitrogens with zero attached hydrogens (tertiary/aromatic N) is 2. The third-order valence-corrected chi connectivity index (χ3v) is 7.13. The van der Waals surface area contributed by atoms with Crippen molar-refractivity contribution in [3.63, 3.8) is 0 Å². The zero-order valence-corrected chi connectivity index (χ0v) is 21.5. The van der Waals surface area contributed by atoms with E-state index in [9.17, 15) is 4.79 Å². The molecule has 4 aromatic rings. The van der Waals surface area contributed by atoms with E-state index >= 15 is 0 Å². The summed E-state index contributed by atoms with van der Waals surface area (Å²) < 4.78 is 5.73. The molecule has 5 heteroatoms. The topological polar surface area (TPSA) is 44.8 Å². The van der Waals surface area contributed by atoms with Crippen LogP contribution in [0.15, 0.2) is 72.8 Å². The van der Waals surface area contributed by atoms with Gasteiger partial charge in [-0.3, -0.25) is 4.79 Å². The number of fused-ring (bicyclic) bond motifs is 1. The summed E-state index contributed by atoms with van der Waals surface area (Å²) in [5.41, 5.74) is 7.56. The average molecular weight is 480 g/mol. The second kappa shape index (κ2) is 10.0. The predicted octanol–water partition coefficient (Wildman–Crippen LogP) is 6.20. The number of methoxy groups -OCH3 is 1. The number of hydrogen-bond donors (Lipinski definition) is 1. The monoisotopic (exact) mass is 479 g/mol. The number of rotatable bonds is 5. The molecule has 0 aromatic heterocycles. The molecule has 1 amide bonds. The van der Waals surface area contributed by atoms with Gasteiger partial charge in [0, 0.05) is 44.1 Å². The van der Waals surface area contributed by atoms with Gasteiger partial charge in [-0.1, -0.05) is 60.7 Å². The minimum absolute atomic E-state index is 0.0853. The molecule has 0 atom stereocenters. The summed E-state index contributed by atoms with van der Waals surface area (Å²) >= 11 is 0. The smallest absolute Gasteiger partial charge is 0.221 e. The van der Waals surface area contributed by atoms with Crippen LogP contribution in [0.5, 0.6) is 5.75 Å². The molecule has 5 nitrogen and oxygen atoms in total. The summed E-state index contributed by atoms with van der Waals surface area (Å²) in [4.78, 5) is 17.1. The van der Waals surface area contributed by atoms with E-state index in [4.69, 9.17) is 4.74 Å². The largest absolute Gasteiger partial charge is 0.495 e. The third-order valence-electron chi connectivity index (χ3n) is 7.13. The summed E-state index contributed by atoms with van der Waals surface area (Å²) in [5.74, 6) is 0.782. The molecule has 1 aliphatic heterocycles. The minimum atomic E-state index is -0.0853. The summed E-state index contributed by atoms with van der Waals surface area (Å²) in [6, 6.07) is 25.4. The Labute approximate surface area is 213 Å². The van der Waals surface area contributed by atoms with Gasteiger partial charge in [0.05, 0.1) is 18.5 Å². The molecular formula is C31H33N3O2. The Morgan fingerprint density at radius 1 is 0.833 bits per heavy atom. The van der Waals surface area contributed by atoms with E-state index in [0.717, 1.165) is 70.8 Å². The number of ether oxygens (including phenoxy) is 1. The van der Waals surface area contributed by atoms with Crippen molar-refractivity contribution in [2.45, 2.75) is 13.8 Å². The fourth-order valence-corrected chi connectivity index (χ4v) is 5.17. The van der Waals surface area contributed by atoms with Gasteiger partial charge in [-0.05, 0) is 53.7 Å². The molecule has 0 unspecified atom stereocenters. The van der Waals surface area contributed by atoms with Crippen LogP contribution in [0.25, 0.3) is 33.0 Å². The fourth-order valence-electron chi connectivity index (χ4n) is 5.17. The second-order valence-corrected chi connectivity index (χ2v) is 9.56. The molecule has 1 heterocycles. The average Bonchev–Trinajstić information content (AvgIpc) is 2.89. The number of likely N-dealkylation sites (N-methyl/N-ethyl adjacent to an activating group) is 1. The first-order chi connectivity index (χ1) is 17.5. The number of carbonyl (C=O) groups is 1. The SMILES string of the molecule is COc1ccc(-c2ccc3c(-c4ccccc4C)cccc3c2NC(C)=O)cc1N1CCN(C)CC1. The lowest BCUT2D eigenvalue weighted by Crippen LogP contribution is -2.44. The van der Waals surface area contributed by atoms with Crippen LogP contribution >= 0.6 is 0 Å².